The molecule has 0 unspecified atom stereocenters. The van der Waals surface area contributed by atoms with E-state index in [2.05, 4.69) is 25.5 Å². The number of ether oxygens (including phenoxy) is 2. The lowest BCUT2D eigenvalue weighted by Crippen LogP contribution is -2.30. The third-order valence-corrected chi connectivity index (χ3v) is 6.21. The highest BCUT2D eigenvalue weighted by molar-refractivity contribution is 6.34. The standard InChI is InChI=1S/C19H22ClN7O2/c1-11-14-17(25-27(11)12-3-8-29-19(9-12)4-5-19)28-7-2-6-26-16-13(15(20)24-26)10-21-18(22-14)23-16/h10,12H,2-9H2,1H3,(H,21,22,23)/t12-/m0/s1/i1D3. The number of hydrogen-bond donors (Lipinski definition) is 1. The van der Waals surface area contributed by atoms with Gasteiger partial charge in [0.2, 0.25) is 5.95 Å². The van der Waals surface area contributed by atoms with Crippen molar-refractivity contribution >= 4 is 34.3 Å². The highest BCUT2D eigenvalue weighted by Gasteiger charge is 2.48. The van der Waals surface area contributed by atoms with Crippen LogP contribution in [0.2, 0.25) is 5.15 Å². The second kappa shape index (κ2) is 6.30. The molecule has 1 aliphatic carbocycles. The maximum Gasteiger partial charge on any atom is 0.257 e. The van der Waals surface area contributed by atoms with Crippen LogP contribution in [-0.2, 0) is 11.3 Å². The second-order valence-electron chi connectivity index (χ2n) is 7.92. The number of hydrogen-bond acceptors (Lipinski definition) is 7. The predicted molar refractivity (Wildman–Crippen MR) is 107 cm³/mol. The number of nitrogens with one attached hydrogen (secondary N) is 1. The first-order valence-corrected chi connectivity index (χ1v) is 10.3. The topological polar surface area (TPSA) is 91.9 Å². The van der Waals surface area contributed by atoms with Crippen molar-refractivity contribution in [3.8, 4) is 5.88 Å². The van der Waals surface area contributed by atoms with Gasteiger partial charge in [0.25, 0.3) is 5.88 Å². The number of aromatic nitrogens is 6. The van der Waals surface area contributed by atoms with Crippen molar-refractivity contribution in [2.45, 2.75) is 57.1 Å². The van der Waals surface area contributed by atoms with Crippen LogP contribution in [0.3, 0.4) is 0 Å². The molecule has 5 heterocycles. The monoisotopic (exact) mass is 418 g/mol. The molecular formula is C19H22ClN7O2. The van der Waals surface area contributed by atoms with Crippen molar-refractivity contribution in [2.75, 3.05) is 18.5 Å². The average Bonchev–Trinajstić information content (AvgIpc) is 3.26. The summed E-state index contributed by atoms with van der Waals surface area (Å²) in [5, 5.41) is 13.0. The van der Waals surface area contributed by atoms with E-state index in [1.165, 1.54) is 0 Å². The third-order valence-electron chi connectivity index (χ3n) is 5.93. The van der Waals surface area contributed by atoms with Crippen molar-refractivity contribution < 1.29 is 13.6 Å². The van der Waals surface area contributed by atoms with E-state index >= 15 is 0 Å². The molecule has 1 atom stereocenters. The maximum absolute atomic E-state index is 8.26. The Labute approximate surface area is 176 Å². The Morgan fingerprint density at radius 2 is 2.28 bits per heavy atom. The molecule has 0 aromatic carbocycles. The largest absolute Gasteiger partial charge is 0.475 e. The Morgan fingerprint density at radius 1 is 1.34 bits per heavy atom. The van der Waals surface area contributed by atoms with Gasteiger partial charge in [-0.2, -0.15) is 10.1 Å². The molecule has 152 valence electrons. The SMILES string of the molecule is [2H]C([2H])([2H])c1c2c(nn1[C@H]1CCOC3(CC3)C1)OCCCn1nc(Cl)c3cnc(nc31)N2. The molecule has 6 rings (SSSR count). The molecule has 1 saturated heterocycles. The Balaban J connectivity index is 1.47. The summed E-state index contributed by atoms with van der Waals surface area (Å²) in [5.41, 5.74) is 0.839. The first kappa shape index (κ1) is 14.6. The van der Waals surface area contributed by atoms with Gasteiger partial charge in [0.1, 0.15) is 5.69 Å². The summed E-state index contributed by atoms with van der Waals surface area (Å²) in [6, 6.07) is -0.0730. The van der Waals surface area contributed by atoms with Gasteiger partial charge in [0.05, 0.1) is 29.3 Å². The molecule has 2 aliphatic heterocycles. The minimum Gasteiger partial charge on any atom is -0.475 e. The van der Waals surface area contributed by atoms with E-state index in [1.807, 2.05) is 0 Å². The van der Waals surface area contributed by atoms with Crippen LogP contribution in [-0.4, -0.2) is 48.3 Å². The molecule has 2 fully saturated rings. The molecule has 1 saturated carbocycles. The Morgan fingerprint density at radius 3 is 3.14 bits per heavy atom. The zero-order valence-electron chi connectivity index (χ0n) is 18.7. The van der Waals surface area contributed by atoms with Crippen LogP contribution < -0.4 is 10.1 Å². The van der Waals surface area contributed by atoms with Gasteiger partial charge in [-0.3, -0.25) is 4.68 Å². The maximum atomic E-state index is 8.26. The number of halogens is 1. The number of fused-ring (bicyclic) bond motifs is 2. The highest BCUT2D eigenvalue weighted by atomic mass is 35.5. The zero-order valence-corrected chi connectivity index (χ0v) is 16.4. The van der Waals surface area contributed by atoms with E-state index in [0.29, 0.717) is 48.8 Å². The molecule has 3 aliphatic rings. The van der Waals surface area contributed by atoms with Crippen LogP contribution in [0, 0.1) is 6.85 Å². The summed E-state index contributed by atoms with van der Waals surface area (Å²) in [7, 11) is 0. The Kier molecular flexibility index (Phi) is 3.17. The summed E-state index contributed by atoms with van der Waals surface area (Å²) in [4.78, 5) is 8.88. The molecule has 0 radical (unpaired) electrons. The number of aryl methyl sites for hydroxylation is 1. The van der Waals surface area contributed by atoms with Gasteiger partial charge in [-0.25, -0.2) is 9.67 Å². The van der Waals surface area contributed by atoms with Gasteiger partial charge in [-0.05, 0) is 32.5 Å². The van der Waals surface area contributed by atoms with E-state index in [0.717, 1.165) is 19.3 Å². The van der Waals surface area contributed by atoms with Crippen LogP contribution in [0.15, 0.2) is 6.20 Å². The molecule has 10 heteroatoms. The second-order valence-corrected chi connectivity index (χ2v) is 8.28. The van der Waals surface area contributed by atoms with Gasteiger partial charge in [0.15, 0.2) is 10.8 Å². The quantitative estimate of drug-likeness (QED) is 0.647. The van der Waals surface area contributed by atoms with Crippen molar-refractivity contribution in [1.82, 2.24) is 29.5 Å². The Bertz CT molecular complexity index is 1200. The molecule has 0 amide bonds. The molecule has 3 aromatic heterocycles. The molecule has 2 bridgehead atoms. The smallest absolute Gasteiger partial charge is 0.257 e. The van der Waals surface area contributed by atoms with Crippen LogP contribution in [0.25, 0.3) is 11.0 Å². The number of nitrogens with zero attached hydrogens (tertiary/aromatic N) is 6. The Hall–Kier alpha value is -2.39. The van der Waals surface area contributed by atoms with Crippen LogP contribution in [0.5, 0.6) is 5.88 Å². The summed E-state index contributed by atoms with van der Waals surface area (Å²) >= 11 is 6.22. The van der Waals surface area contributed by atoms with Gasteiger partial charge < -0.3 is 14.8 Å². The first-order valence-electron chi connectivity index (χ1n) is 11.4. The molecule has 1 N–H and O–H groups in total. The zero-order chi connectivity index (χ0) is 22.1. The average molecular weight is 419 g/mol. The number of rotatable bonds is 1. The van der Waals surface area contributed by atoms with Crippen molar-refractivity contribution in [2.24, 2.45) is 0 Å². The highest BCUT2D eigenvalue weighted by Crippen LogP contribution is 2.50. The summed E-state index contributed by atoms with van der Waals surface area (Å²) in [6.45, 7) is -0.938. The normalized spacial score (nSPS) is 24.7. The lowest BCUT2D eigenvalue weighted by atomic mass is 10.0. The summed E-state index contributed by atoms with van der Waals surface area (Å²) < 4.78 is 40.0. The fourth-order valence-corrected chi connectivity index (χ4v) is 4.45. The van der Waals surface area contributed by atoms with Crippen molar-refractivity contribution in [3.05, 3.63) is 17.0 Å². The van der Waals surface area contributed by atoms with E-state index in [1.54, 1.807) is 15.6 Å². The van der Waals surface area contributed by atoms with Crippen LogP contribution in [0.4, 0.5) is 11.6 Å². The van der Waals surface area contributed by atoms with Crippen LogP contribution in [0.1, 0.15) is 48.0 Å². The molecular weight excluding hydrogens is 394 g/mol. The van der Waals surface area contributed by atoms with E-state index in [-0.39, 0.29) is 34.9 Å². The number of anilines is 2. The summed E-state index contributed by atoms with van der Waals surface area (Å²) in [6.07, 6.45) is 5.67. The predicted octanol–water partition coefficient (Wildman–Crippen LogP) is 3.39. The lowest BCUT2D eigenvalue weighted by Gasteiger charge is -2.30. The van der Waals surface area contributed by atoms with Gasteiger partial charge in [-0.1, -0.05) is 11.6 Å². The van der Waals surface area contributed by atoms with E-state index in [4.69, 9.17) is 25.2 Å². The fraction of sp³-hybridized carbons (Fsp3) is 0.579. The lowest BCUT2D eigenvalue weighted by molar-refractivity contribution is -0.0274. The summed E-state index contributed by atoms with van der Waals surface area (Å²) in [5.74, 6) is 0.478. The van der Waals surface area contributed by atoms with E-state index < -0.39 is 6.85 Å². The van der Waals surface area contributed by atoms with Crippen LogP contribution >= 0.6 is 11.6 Å². The molecule has 9 nitrogen and oxygen atoms in total. The molecule has 3 aromatic rings. The first-order chi connectivity index (χ1) is 15.3. The molecule has 29 heavy (non-hydrogen) atoms. The van der Waals surface area contributed by atoms with Gasteiger partial charge in [0, 0.05) is 29.9 Å². The third kappa shape index (κ3) is 2.86. The van der Waals surface area contributed by atoms with E-state index in [9.17, 15) is 0 Å². The van der Waals surface area contributed by atoms with Crippen molar-refractivity contribution in [3.63, 3.8) is 0 Å². The van der Waals surface area contributed by atoms with Gasteiger partial charge >= 0.3 is 0 Å². The minimum atomic E-state index is -2.42. The fourth-order valence-electron chi connectivity index (χ4n) is 4.22. The van der Waals surface area contributed by atoms with Gasteiger partial charge in [-0.15, -0.1) is 5.10 Å². The van der Waals surface area contributed by atoms with Crippen molar-refractivity contribution in [1.29, 1.82) is 0 Å². The minimum absolute atomic E-state index is 0.0730. The molecule has 1 spiro atoms.